The molecule has 1 heterocycles. The summed E-state index contributed by atoms with van der Waals surface area (Å²) in [6, 6.07) is 15.4. The summed E-state index contributed by atoms with van der Waals surface area (Å²) in [4.78, 5) is 28.8. The highest BCUT2D eigenvalue weighted by Gasteiger charge is 2.24. The third kappa shape index (κ3) is 5.60. The third-order valence-corrected chi connectivity index (χ3v) is 5.51. The average Bonchev–Trinajstić information content (AvgIpc) is 2.98. The van der Waals surface area contributed by atoms with Crippen molar-refractivity contribution >= 4 is 17.5 Å². The van der Waals surface area contributed by atoms with Gasteiger partial charge in [-0.2, -0.15) is 0 Å². The molecule has 3 rings (SSSR count). The molecule has 1 fully saturated rings. The first-order chi connectivity index (χ1) is 14.5. The van der Waals surface area contributed by atoms with E-state index in [9.17, 15) is 9.59 Å². The monoisotopic (exact) mass is 409 g/mol. The smallest absolute Gasteiger partial charge is 0.253 e. The Morgan fingerprint density at radius 2 is 1.87 bits per heavy atom. The Bertz CT molecular complexity index is 864. The first-order valence-corrected chi connectivity index (χ1v) is 10.5. The quantitative estimate of drug-likeness (QED) is 0.785. The maximum absolute atomic E-state index is 12.8. The molecule has 1 N–H and O–H groups in total. The van der Waals surface area contributed by atoms with Gasteiger partial charge in [0.25, 0.3) is 5.91 Å². The average molecular weight is 410 g/mol. The molecule has 1 aliphatic rings. The van der Waals surface area contributed by atoms with Crippen LogP contribution in [0.2, 0.25) is 0 Å². The van der Waals surface area contributed by atoms with Gasteiger partial charge in [-0.05, 0) is 55.3 Å². The molecule has 1 unspecified atom stereocenters. The van der Waals surface area contributed by atoms with E-state index in [4.69, 9.17) is 4.74 Å². The van der Waals surface area contributed by atoms with E-state index in [0.717, 1.165) is 31.6 Å². The van der Waals surface area contributed by atoms with E-state index in [2.05, 4.69) is 22.3 Å². The van der Waals surface area contributed by atoms with Crippen LogP contribution >= 0.6 is 0 Å². The summed E-state index contributed by atoms with van der Waals surface area (Å²) in [7, 11) is 5.09. The number of rotatable bonds is 6. The summed E-state index contributed by atoms with van der Waals surface area (Å²) in [5, 5.41) is 2.96. The Hall–Kier alpha value is -2.86. The number of amides is 2. The number of hydrogen-bond donors (Lipinski definition) is 1. The molecular weight excluding hydrogens is 378 g/mol. The Kier molecular flexibility index (Phi) is 7.46. The van der Waals surface area contributed by atoms with Gasteiger partial charge in [-0.1, -0.05) is 31.0 Å². The predicted molar refractivity (Wildman–Crippen MR) is 119 cm³/mol. The second kappa shape index (κ2) is 10.3. The van der Waals surface area contributed by atoms with Crippen LogP contribution in [0.25, 0.3) is 0 Å². The molecule has 0 saturated carbocycles. The highest BCUT2D eigenvalue weighted by molar-refractivity contribution is 5.97. The van der Waals surface area contributed by atoms with Crippen LogP contribution < -0.4 is 10.1 Å². The zero-order chi connectivity index (χ0) is 21.5. The lowest BCUT2D eigenvalue weighted by Crippen LogP contribution is -2.36. The number of carbonyl (C=O) groups is 2. The lowest BCUT2D eigenvalue weighted by atomic mass is 10.0. The number of likely N-dealkylation sites (tertiary alicyclic amines) is 1. The summed E-state index contributed by atoms with van der Waals surface area (Å²) in [6.07, 6.45) is 4.46. The van der Waals surface area contributed by atoms with E-state index in [1.165, 1.54) is 16.9 Å². The largest absolute Gasteiger partial charge is 0.497 e. The molecule has 2 amide bonds. The molecular formula is C24H31N3O3. The van der Waals surface area contributed by atoms with E-state index in [0.29, 0.717) is 17.8 Å². The van der Waals surface area contributed by atoms with Gasteiger partial charge in [0.2, 0.25) is 5.91 Å². The molecule has 6 heteroatoms. The molecule has 30 heavy (non-hydrogen) atoms. The van der Waals surface area contributed by atoms with Gasteiger partial charge in [-0.15, -0.1) is 0 Å². The van der Waals surface area contributed by atoms with Crippen molar-refractivity contribution < 1.29 is 14.3 Å². The number of benzene rings is 2. The SMILES string of the molecule is COc1ccc(C2CCCCCN2CC(=O)Nc2cccc(C(=O)N(C)C)c2)cc1. The fourth-order valence-corrected chi connectivity index (χ4v) is 3.93. The van der Waals surface area contributed by atoms with Gasteiger partial charge in [0.1, 0.15) is 5.75 Å². The molecule has 6 nitrogen and oxygen atoms in total. The third-order valence-electron chi connectivity index (χ3n) is 5.51. The minimum atomic E-state index is -0.0850. The van der Waals surface area contributed by atoms with E-state index in [-0.39, 0.29) is 17.9 Å². The molecule has 0 bridgehead atoms. The maximum atomic E-state index is 12.8. The molecule has 160 valence electrons. The summed E-state index contributed by atoms with van der Waals surface area (Å²) in [5.41, 5.74) is 2.41. The predicted octanol–water partition coefficient (Wildman–Crippen LogP) is 3.95. The Morgan fingerprint density at radius 3 is 2.57 bits per heavy atom. The minimum absolute atomic E-state index is 0.0649. The standard InChI is InChI=1S/C24H31N3O3/c1-26(2)24(29)19-8-7-9-20(16-19)25-23(28)17-27-15-6-4-5-10-22(27)18-11-13-21(30-3)14-12-18/h7-9,11-14,16,22H,4-6,10,15,17H2,1-3H3,(H,25,28). The van der Waals surface area contributed by atoms with Crippen LogP contribution in [-0.4, -0.2) is 55.9 Å². The van der Waals surface area contributed by atoms with Crippen LogP contribution in [0.15, 0.2) is 48.5 Å². The number of nitrogens with one attached hydrogen (secondary N) is 1. The van der Waals surface area contributed by atoms with Crippen LogP contribution in [0.4, 0.5) is 5.69 Å². The lowest BCUT2D eigenvalue weighted by Gasteiger charge is -2.30. The van der Waals surface area contributed by atoms with Crippen LogP contribution in [0, 0.1) is 0 Å². The van der Waals surface area contributed by atoms with Crippen molar-refractivity contribution in [2.24, 2.45) is 0 Å². The molecule has 1 saturated heterocycles. The van der Waals surface area contributed by atoms with Gasteiger partial charge < -0.3 is 15.0 Å². The normalized spacial score (nSPS) is 17.1. The van der Waals surface area contributed by atoms with Crippen LogP contribution in [0.5, 0.6) is 5.75 Å². The Morgan fingerprint density at radius 1 is 1.10 bits per heavy atom. The van der Waals surface area contributed by atoms with Gasteiger partial charge in [-0.3, -0.25) is 14.5 Å². The second-order valence-electron chi connectivity index (χ2n) is 7.94. The lowest BCUT2D eigenvalue weighted by molar-refractivity contribution is -0.117. The fourth-order valence-electron chi connectivity index (χ4n) is 3.93. The van der Waals surface area contributed by atoms with Gasteiger partial charge in [-0.25, -0.2) is 0 Å². The highest BCUT2D eigenvalue weighted by Crippen LogP contribution is 2.31. The number of carbonyl (C=O) groups excluding carboxylic acids is 2. The number of nitrogens with zero attached hydrogens (tertiary/aromatic N) is 2. The summed E-state index contributed by atoms with van der Waals surface area (Å²) in [6.45, 7) is 1.21. The molecule has 1 atom stereocenters. The van der Waals surface area contributed by atoms with Crippen molar-refractivity contribution in [3.05, 3.63) is 59.7 Å². The number of methoxy groups -OCH3 is 1. The van der Waals surface area contributed by atoms with Crippen LogP contribution in [0.1, 0.15) is 47.6 Å². The minimum Gasteiger partial charge on any atom is -0.497 e. The van der Waals surface area contributed by atoms with Crippen molar-refractivity contribution in [2.45, 2.75) is 31.7 Å². The van der Waals surface area contributed by atoms with Crippen molar-refractivity contribution in [2.75, 3.05) is 39.6 Å². The molecule has 0 radical (unpaired) electrons. The second-order valence-corrected chi connectivity index (χ2v) is 7.94. The van der Waals surface area contributed by atoms with Gasteiger partial charge >= 0.3 is 0 Å². The molecule has 1 aliphatic heterocycles. The molecule has 2 aromatic carbocycles. The fraction of sp³-hybridized carbons (Fsp3) is 0.417. The van der Waals surface area contributed by atoms with Gasteiger partial charge in [0.15, 0.2) is 0 Å². The van der Waals surface area contributed by atoms with Crippen molar-refractivity contribution in [1.82, 2.24) is 9.80 Å². The van der Waals surface area contributed by atoms with Crippen molar-refractivity contribution in [3.63, 3.8) is 0 Å². The van der Waals surface area contributed by atoms with E-state index >= 15 is 0 Å². The maximum Gasteiger partial charge on any atom is 0.253 e. The molecule has 0 aromatic heterocycles. The van der Waals surface area contributed by atoms with Gasteiger partial charge in [0.05, 0.1) is 13.7 Å². The number of hydrogen-bond acceptors (Lipinski definition) is 4. The van der Waals surface area contributed by atoms with Crippen LogP contribution in [-0.2, 0) is 4.79 Å². The summed E-state index contributed by atoms with van der Waals surface area (Å²) < 4.78 is 5.28. The zero-order valence-corrected chi connectivity index (χ0v) is 18.1. The van der Waals surface area contributed by atoms with Crippen molar-refractivity contribution in [3.8, 4) is 5.75 Å². The molecule has 2 aromatic rings. The zero-order valence-electron chi connectivity index (χ0n) is 18.1. The summed E-state index contributed by atoms with van der Waals surface area (Å²) in [5.74, 6) is 0.687. The van der Waals surface area contributed by atoms with E-state index in [1.54, 1.807) is 39.4 Å². The summed E-state index contributed by atoms with van der Waals surface area (Å²) >= 11 is 0. The number of ether oxygens (including phenoxy) is 1. The van der Waals surface area contributed by atoms with Gasteiger partial charge in [0, 0.05) is 31.4 Å². The topological polar surface area (TPSA) is 61.9 Å². The Balaban J connectivity index is 1.70. The van der Waals surface area contributed by atoms with E-state index < -0.39 is 0 Å². The number of anilines is 1. The van der Waals surface area contributed by atoms with E-state index in [1.807, 2.05) is 18.2 Å². The molecule has 0 spiro atoms. The first-order valence-electron chi connectivity index (χ1n) is 10.5. The highest BCUT2D eigenvalue weighted by atomic mass is 16.5. The Labute approximate surface area is 178 Å². The molecule has 0 aliphatic carbocycles. The van der Waals surface area contributed by atoms with Crippen molar-refractivity contribution in [1.29, 1.82) is 0 Å². The first kappa shape index (κ1) is 21.8. The van der Waals surface area contributed by atoms with Crippen LogP contribution in [0.3, 0.4) is 0 Å².